The number of pyridine rings is 1. The number of nitrogens with zero attached hydrogens (tertiary/aromatic N) is 4. The summed E-state index contributed by atoms with van der Waals surface area (Å²) in [6, 6.07) is 18.3. The number of likely N-dealkylation sites (tertiary alicyclic amines) is 1. The summed E-state index contributed by atoms with van der Waals surface area (Å²) >= 11 is 0. The molecule has 8 heteroatoms. The van der Waals surface area contributed by atoms with Gasteiger partial charge in [-0.25, -0.2) is 9.37 Å². The van der Waals surface area contributed by atoms with Gasteiger partial charge >= 0.3 is 0 Å². The fourth-order valence-electron chi connectivity index (χ4n) is 5.60. The number of benzene rings is 2. The molecule has 0 radical (unpaired) electrons. The zero-order valence-corrected chi connectivity index (χ0v) is 21.9. The molecule has 200 valence electrons. The average Bonchev–Trinajstić information content (AvgIpc) is 2.97. The van der Waals surface area contributed by atoms with Crippen molar-refractivity contribution in [1.29, 1.82) is 0 Å². The number of anilines is 2. The molecule has 0 saturated carbocycles. The van der Waals surface area contributed by atoms with Gasteiger partial charge in [0.15, 0.2) is 0 Å². The molecule has 3 heterocycles. The Morgan fingerprint density at radius 1 is 0.974 bits per heavy atom. The van der Waals surface area contributed by atoms with Crippen LogP contribution in [0.1, 0.15) is 36.0 Å². The normalized spacial score (nSPS) is 18.0. The summed E-state index contributed by atoms with van der Waals surface area (Å²) in [6.07, 6.45) is 3.49. The minimum atomic E-state index is -0.229. The largest absolute Gasteiger partial charge is 0.496 e. The number of hydrogen-bond donors (Lipinski definition) is 1. The monoisotopic (exact) mass is 518 g/mol. The molecule has 2 fully saturated rings. The van der Waals surface area contributed by atoms with Crippen molar-refractivity contribution in [2.45, 2.75) is 31.7 Å². The van der Waals surface area contributed by atoms with Crippen LogP contribution in [0.3, 0.4) is 0 Å². The molecular formula is C30H35FN4O3. The second-order valence-electron chi connectivity index (χ2n) is 9.85. The van der Waals surface area contributed by atoms with Crippen molar-refractivity contribution < 1.29 is 19.0 Å². The number of aromatic nitrogens is 1. The minimum Gasteiger partial charge on any atom is -0.496 e. The van der Waals surface area contributed by atoms with Gasteiger partial charge in [0.05, 0.1) is 24.1 Å². The maximum Gasteiger partial charge on any atom is 0.257 e. The Kier molecular flexibility index (Phi) is 8.08. The molecule has 2 aliphatic rings. The van der Waals surface area contributed by atoms with E-state index >= 15 is 0 Å². The third-order valence-corrected chi connectivity index (χ3v) is 7.61. The number of methoxy groups -OCH3 is 1. The Morgan fingerprint density at radius 3 is 2.47 bits per heavy atom. The van der Waals surface area contributed by atoms with Gasteiger partial charge in [0.2, 0.25) is 0 Å². The van der Waals surface area contributed by atoms with E-state index in [0.717, 1.165) is 30.5 Å². The van der Waals surface area contributed by atoms with Crippen LogP contribution in [0.2, 0.25) is 0 Å². The molecule has 1 atom stereocenters. The highest BCUT2D eigenvalue weighted by atomic mass is 19.1. The van der Waals surface area contributed by atoms with E-state index in [1.54, 1.807) is 19.2 Å². The number of rotatable bonds is 7. The molecule has 38 heavy (non-hydrogen) atoms. The van der Waals surface area contributed by atoms with Gasteiger partial charge in [-0.05, 0) is 62.1 Å². The van der Waals surface area contributed by atoms with E-state index in [2.05, 4.69) is 4.90 Å². The summed E-state index contributed by atoms with van der Waals surface area (Å²) in [6.45, 7) is 3.19. The van der Waals surface area contributed by atoms with Crippen molar-refractivity contribution in [1.82, 2.24) is 9.88 Å². The van der Waals surface area contributed by atoms with Crippen molar-refractivity contribution in [3.63, 3.8) is 0 Å². The molecule has 0 spiro atoms. The summed E-state index contributed by atoms with van der Waals surface area (Å²) in [7, 11) is 1.64. The molecule has 0 bridgehead atoms. The molecule has 1 aromatic heterocycles. The molecule has 1 unspecified atom stereocenters. The lowest BCUT2D eigenvalue weighted by molar-refractivity contribution is 0.0575. The summed E-state index contributed by atoms with van der Waals surface area (Å²) in [5.74, 6) is 1.08. The van der Waals surface area contributed by atoms with E-state index < -0.39 is 0 Å². The van der Waals surface area contributed by atoms with Crippen molar-refractivity contribution in [3.8, 4) is 17.0 Å². The van der Waals surface area contributed by atoms with Crippen LogP contribution in [0.5, 0.6) is 5.75 Å². The molecular weight excluding hydrogens is 483 g/mol. The first kappa shape index (κ1) is 26.0. The summed E-state index contributed by atoms with van der Waals surface area (Å²) in [4.78, 5) is 25.1. The summed E-state index contributed by atoms with van der Waals surface area (Å²) in [5.41, 5.74) is 2.75. The van der Waals surface area contributed by atoms with E-state index in [-0.39, 0.29) is 24.4 Å². The molecule has 2 aliphatic heterocycles. The van der Waals surface area contributed by atoms with Crippen LogP contribution in [0.25, 0.3) is 11.3 Å². The molecule has 2 saturated heterocycles. The number of hydrogen-bond acceptors (Lipinski definition) is 6. The zero-order valence-electron chi connectivity index (χ0n) is 21.9. The first-order valence-electron chi connectivity index (χ1n) is 13.4. The predicted molar refractivity (Wildman–Crippen MR) is 147 cm³/mol. The second kappa shape index (κ2) is 11.8. The Hall–Kier alpha value is -3.65. The fraction of sp³-hybridized carbons (Fsp3) is 0.400. The van der Waals surface area contributed by atoms with E-state index in [0.29, 0.717) is 62.0 Å². The van der Waals surface area contributed by atoms with Gasteiger partial charge in [-0.1, -0.05) is 24.3 Å². The second-order valence-corrected chi connectivity index (χ2v) is 9.85. The van der Waals surface area contributed by atoms with Gasteiger partial charge in [-0.15, -0.1) is 0 Å². The number of carbonyl (C=O) groups excluding carboxylic acids is 1. The Balaban J connectivity index is 1.48. The number of carbonyl (C=O) groups is 1. The number of amides is 1. The highest BCUT2D eigenvalue weighted by Crippen LogP contribution is 2.33. The van der Waals surface area contributed by atoms with Gasteiger partial charge in [-0.3, -0.25) is 4.79 Å². The first-order chi connectivity index (χ1) is 18.6. The van der Waals surface area contributed by atoms with Crippen LogP contribution >= 0.6 is 0 Å². The highest BCUT2D eigenvalue weighted by Gasteiger charge is 2.31. The lowest BCUT2D eigenvalue weighted by Crippen LogP contribution is -2.48. The Morgan fingerprint density at radius 2 is 1.71 bits per heavy atom. The van der Waals surface area contributed by atoms with Gasteiger partial charge in [-0.2, -0.15) is 0 Å². The maximum atomic E-state index is 14.4. The molecule has 0 aliphatic carbocycles. The standard InChI is InChI=1S/C30H35FN4O3/c1-38-28-12-5-2-9-23(28)26-14-13-24(30(37)35-16-7-6-8-22(35)15-21-36)29(32-26)34-19-17-33(18-20-34)27-11-4-3-10-25(27)31/h2-5,9-14,22,36H,6-8,15-21H2,1H3. The zero-order chi connectivity index (χ0) is 26.5. The number of para-hydroxylation sites is 2. The third-order valence-electron chi connectivity index (χ3n) is 7.61. The molecule has 5 rings (SSSR count). The lowest BCUT2D eigenvalue weighted by atomic mass is 9.98. The number of halogens is 1. The van der Waals surface area contributed by atoms with Crippen molar-refractivity contribution >= 4 is 17.4 Å². The van der Waals surface area contributed by atoms with E-state index in [1.807, 2.05) is 52.3 Å². The van der Waals surface area contributed by atoms with Crippen LogP contribution < -0.4 is 14.5 Å². The van der Waals surface area contributed by atoms with Gasteiger partial charge in [0.25, 0.3) is 5.91 Å². The highest BCUT2D eigenvalue weighted by molar-refractivity contribution is 5.99. The number of ether oxygens (including phenoxy) is 1. The van der Waals surface area contributed by atoms with Crippen molar-refractivity contribution in [3.05, 3.63) is 72.0 Å². The number of aliphatic hydroxyl groups is 1. The smallest absolute Gasteiger partial charge is 0.257 e. The SMILES string of the molecule is COc1ccccc1-c1ccc(C(=O)N2CCCCC2CCO)c(N2CCN(c3ccccc3F)CC2)n1. The molecule has 3 aromatic rings. The lowest BCUT2D eigenvalue weighted by Gasteiger charge is -2.39. The molecule has 1 amide bonds. The van der Waals surface area contributed by atoms with Crippen molar-refractivity contribution in [2.24, 2.45) is 0 Å². The van der Waals surface area contributed by atoms with Crippen LogP contribution in [0, 0.1) is 5.82 Å². The predicted octanol–water partition coefficient (Wildman–Crippen LogP) is 4.60. The van der Waals surface area contributed by atoms with Crippen LogP contribution in [0.4, 0.5) is 15.9 Å². The molecule has 2 aromatic carbocycles. The number of piperazine rings is 1. The van der Waals surface area contributed by atoms with Crippen LogP contribution in [-0.2, 0) is 0 Å². The van der Waals surface area contributed by atoms with E-state index in [4.69, 9.17) is 9.72 Å². The van der Waals surface area contributed by atoms with E-state index in [9.17, 15) is 14.3 Å². The van der Waals surface area contributed by atoms with Crippen LogP contribution in [0.15, 0.2) is 60.7 Å². The number of piperidine rings is 1. The average molecular weight is 519 g/mol. The molecule has 1 N–H and O–H groups in total. The van der Waals surface area contributed by atoms with Crippen molar-refractivity contribution in [2.75, 3.05) is 56.2 Å². The summed E-state index contributed by atoms with van der Waals surface area (Å²) < 4.78 is 20.0. The Labute approximate surface area is 223 Å². The van der Waals surface area contributed by atoms with Crippen LogP contribution in [-0.4, -0.2) is 73.4 Å². The van der Waals surface area contributed by atoms with E-state index in [1.165, 1.54) is 6.07 Å². The quantitative estimate of drug-likeness (QED) is 0.493. The third kappa shape index (κ3) is 5.31. The van der Waals surface area contributed by atoms with Gasteiger partial charge in [0.1, 0.15) is 17.4 Å². The van der Waals surface area contributed by atoms with Gasteiger partial charge in [0, 0.05) is 50.9 Å². The van der Waals surface area contributed by atoms with Gasteiger partial charge < -0.3 is 24.5 Å². The first-order valence-corrected chi connectivity index (χ1v) is 13.4. The summed E-state index contributed by atoms with van der Waals surface area (Å²) in [5, 5.41) is 9.60. The topological polar surface area (TPSA) is 69.1 Å². The maximum absolute atomic E-state index is 14.4. The Bertz CT molecular complexity index is 1260. The minimum absolute atomic E-state index is 0.0286. The molecule has 7 nitrogen and oxygen atoms in total. The number of aliphatic hydroxyl groups excluding tert-OH is 1. The fourth-order valence-corrected chi connectivity index (χ4v) is 5.60.